The van der Waals surface area contributed by atoms with Crippen LogP contribution in [0.5, 0.6) is 0 Å². The Morgan fingerprint density at radius 3 is 1.96 bits per heavy atom. The molecule has 0 aliphatic heterocycles. The van der Waals surface area contributed by atoms with Crippen LogP contribution in [0.1, 0.15) is 52.9 Å². The molecule has 0 radical (unpaired) electrons. The molecule has 1 saturated carbocycles. The lowest BCUT2D eigenvalue weighted by Gasteiger charge is -2.27. The molecular formula is C21H33N3O2. The van der Waals surface area contributed by atoms with Crippen molar-refractivity contribution in [1.29, 1.82) is 0 Å². The van der Waals surface area contributed by atoms with Crippen molar-refractivity contribution in [3.05, 3.63) is 24.3 Å². The first kappa shape index (κ1) is 20.3. The zero-order chi connectivity index (χ0) is 18.9. The number of nitrogens with one attached hydrogen (secondary N) is 2. The largest absolute Gasteiger partial charge is 0.372 e. The van der Waals surface area contributed by atoms with E-state index in [1.165, 1.54) is 5.69 Å². The fraction of sp³-hybridized carbons (Fsp3) is 0.619. The van der Waals surface area contributed by atoms with Gasteiger partial charge in [0.25, 0.3) is 0 Å². The lowest BCUT2D eigenvalue weighted by atomic mass is 9.81. The minimum absolute atomic E-state index is 0.00711. The summed E-state index contributed by atoms with van der Waals surface area (Å²) < 4.78 is 0. The molecule has 0 saturated heterocycles. The van der Waals surface area contributed by atoms with Gasteiger partial charge in [0.05, 0.1) is 0 Å². The molecule has 2 rings (SSSR count). The van der Waals surface area contributed by atoms with Crippen molar-refractivity contribution in [2.45, 2.75) is 52.9 Å². The number of carbonyl (C=O) groups excluding carboxylic acids is 2. The molecule has 1 fully saturated rings. The second kappa shape index (κ2) is 10.2. The minimum atomic E-state index is 0.00711. The molecule has 0 heterocycles. The number of anilines is 2. The number of carbonyl (C=O) groups is 2. The van der Waals surface area contributed by atoms with Crippen molar-refractivity contribution >= 4 is 23.2 Å². The van der Waals surface area contributed by atoms with Crippen LogP contribution in [0.25, 0.3) is 0 Å². The van der Waals surface area contributed by atoms with Crippen molar-refractivity contribution in [1.82, 2.24) is 5.32 Å². The molecule has 0 aromatic heterocycles. The maximum Gasteiger partial charge on any atom is 0.227 e. The van der Waals surface area contributed by atoms with Gasteiger partial charge in [-0.3, -0.25) is 9.59 Å². The van der Waals surface area contributed by atoms with Gasteiger partial charge in [0.1, 0.15) is 0 Å². The Hall–Kier alpha value is -2.04. The molecule has 0 atom stereocenters. The van der Waals surface area contributed by atoms with Gasteiger partial charge in [0.15, 0.2) is 0 Å². The molecule has 5 nitrogen and oxygen atoms in total. The summed E-state index contributed by atoms with van der Waals surface area (Å²) in [5, 5.41) is 6.00. The lowest BCUT2D eigenvalue weighted by molar-refractivity contribution is -0.128. The fourth-order valence-corrected chi connectivity index (χ4v) is 3.60. The summed E-state index contributed by atoms with van der Waals surface area (Å²) >= 11 is 0. The summed E-state index contributed by atoms with van der Waals surface area (Å²) in [5.74, 6) is 0.303. The molecule has 0 unspecified atom stereocenters. The smallest absolute Gasteiger partial charge is 0.227 e. The fourth-order valence-electron chi connectivity index (χ4n) is 3.60. The predicted molar refractivity (Wildman–Crippen MR) is 107 cm³/mol. The Morgan fingerprint density at radius 2 is 1.46 bits per heavy atom. The van der Waals surface area contributed by atoms with Crippen LogP contribution in [-0.4, -0.2) is 31.4 Å². The summed E-state index contributed by atoms with van der Waals surface area (Å²) in [6, 6.07) is 8.04. The Kier molecular flexibility index (Phi) is 7.95. The Labute approximate surface area is 157 Å². The van der Waals surface area contributed by atoms with Crippen LogP contribution < -0.4 is 15.5 Å². The molecule has 5 heteroatoms. The SMILES string of the molecule is CCCNC(=O)C1CCC(C(=O)Nc2ccc(N(CC)CC)cc2)CC1. The van der Waals surface area contributed by atoms with Gasteiger partial charge in [-0.25, -0.2) is 0 Å². The monoisotopic (exact) mass is 359 g/mol. The van der Waals surface area contributed by atoms with Crippen LogP contribution in [0.4, 0.5) is 11.4 Å². The van der Waals surface area contributed by atoms with E-state index in [1.54, 1.807) is 0 Å². The van der Waals surface area contributed by atoms with Crippen LogP contribution in [0.3, 0.4) is 0 Å². The van der Waals surface area contributed by atoms with Gasteiger partial charge in [-0.05, 0) is 70.2 Å². The van der Waals surface area contributed by atoms with E-state index in [4.69, 9.17) is 0 Å². The quantitative estimate of drug-likeness (QED) is 0.742. The van der Waals surface area contributed by atoms with E-state index in [-0.39, 0.29) is 23.7 Å². The van der Waals surface area contributed by atoms with Gasteiger partial charge in [-0.2, -0.15) is 0 Å². The van der Waals surface area contributed by atoms with Crippen molar-refractivity contribution in [2.75, 3.05) is 29.9 Å². The average Bonchev–Trinajstić information content (AvgIpc) is 2.68. The molecule has 0 bridgehead atoms. The van der Waals surface area contributed by atoms with Gasteiger partial charge in [0, 0.05) is 42.8 Å². The van der Waals surface area contributed by atoms with Crippen LogP contribution in [0, 0.1) is 11.8 Å². The van der Waals surface area contributed by atoms with E-state index in [9.17, 15) is 9.59 Å². The highest BCUT2D eigenvalue weighted by Crippen LogP contribution is 2.30. The molecule has 1 aromatic carbocycles. The topological polar surface area (TPSA) is 61.4 Å². The highest BCUT2D eigenvalue weighted by Gasteiger charge is 2.29. The predicted octanol–water partition coefficient (Wildman–Crippen LogP) is 3.80. The molecule has 144 valence electrons. The van der Waals surface area contributed by atoms with Gasteiger partial charge in [0.2, 0.25) is 11.8 Å². The van der Waals surface area contributed by atoms with Crippen LogP contribution in [0.2, 0.25) is 0 Å². The zero-order valence-corrected chi connectivity index (χ0v) is 16.4. The van der Waals surface area contributed by atoms with Gasteiger partial charge >= 0.3 is 0 Å². The summed E-state index contributed by atoms with van der Waals surface area (Å²) in [5.41, 5.74) is 2.01. The van der Waals surface area contributed by atoms with E-state index in [1.807, 2.05) is 12.1 Å². The van der Waals surface area contributed by atoms with E-state index in [0.717, 1.165) is 57.4 Å². The highest BCUT2D eigenvalue weighted by atomic mass is 16.2. The Morgan fingerprint density at radius 1 is 0.923 bits per heavy atom. The second-order valence-corrected chi connectivity index (χ2v) is 7.05. The second-order valence-electron chi connectivity index (χ2n) is 7.05. The first-order valence-corrected chi connectivity index (χ1v) is 10.0. The molecule has 2 amide bonds. The van der Waals surface area contributed by atoms with Gasteiger partial charge in [-0.1, -0.05) is 6.92 Å². The van der Waals surface area contributed by atoms with E-state index in [2.05, 4.69) is 48.4 Å². The third kappa shape index (κ3) is 5.48. The van der Waals surface area contributed by atoms with E-state index < -0.39 is 0 Å². The summed E-state index contributed by atoms with van der Waals surface area (Å²) in [4.78, 5) is 26.8. The Bertz CT molecular complexity index is 573. The maximum atomic E-state index is 12.5. The summed E-state index contributed by atoms with van der Waals surface area (Å²) in [6.07, 6.45) is 4.13. The van der Waals surface area contributed by atoms with Crippen molar-refractivity contribution < 1.29 is 9.59 Å². The number of hydrogen-bond acceptors (Lipinski definition) is 3. The zero-order valence-electron chi connectivity index (χ0n) is 16.4. The first-order chi connectivity index (χ1) is 12.6. The normalized spacial score (nSPS) is 19.7. The van der Waals surface area contributed by atoms with E-state index >= 15 is 0 Å². The van der Waals surface area contributed by atoms with Crippen molar-refractivity contribution in [3.63, 3.8) is 0 Å². The number of nitrogens with zero attached hydrogens (tertiary/aromatic N) is 1. The molecule has 1 aliphatic carbocycles. The lowest BCUT2D eigenvalue weighted by Crippen LogP contribution is -2.35. The number of benzene rings is 1. The average molecular weight is 360 g/mol. The third-order valence-corrected chi connectivity index (χ3v) is 5.28. The summed E-state index contributed by atoms with van der Waals surface area (Å²) in [6.45, 7) is 9.00. The molecule has 26 heavy (non-hydrogen) atoms. The standard InChI is InChI=1S/C21H33N3O2/c1-4-15-22-20(25)16-7-9-17(10-8-16)21(26)23-18-11-13-19(14-12-18)24(5-2)6-3/h11-14,16-17H,4-10,15H2,1-3H3,(H,22,25)(H,23,26). The van der Waals surface area contributed by atoms with Crippen LogP contribution in [0.15, 0.2) is 24.3 Å². The van der Waals surface area contributed by atoms with Gasteiger partial charge in [-0.15, -0.1) is 0 Å². The minimum Gasteiger partial charge on any atom is -0.372 e. The molecule has 0 spiro atoms. The van der Waals surface area contributed by atoms with E-state index in [0.29, 0.717) is 0 Å². The van der Waals surface area contributed by atoms with Crippen molar-refractivity contribution in [3.8, 4) is 0 Å². The number of hydrogen-bond donors (Lipinski definition) is 2. The third-order valence-electron chi connectivity index (χ3n) is 5.28. The number of amides is 2. The maximum absolute atomic E-state index is 12.5. The molecule has 1 aromatic rings. The number of rotatable bonds is 8. The van der Waals surface area contributed by atoms with Crippen LogP contribution in [-0.2, 0) is 9.59 Å². The highest BCUT2D eigenvalue weighted by molar-refractivity contribution is 5.93. The van der Waals surface area contributed by atoms with Crippen molar-refractivity contribution in [2.24, 2.45) is 11.8 Å². The Balaban J connectivity index is 1.82. The molecule has 2 N–H and O–H groups in total. The molecule has 1 aliphatic rings. The van der Waals surface area contributed by atoms with Crippen LogP contribution >= 0.6 is 0 Å². The molecular weight excluding hydrogens is 326 g/mol. The van der Waals surface area contributed by atoms with Gasteiger partial charge < -0.3 is 15.5 Å². The summed E-state index contributed by atoms with van der Waals surface area (Å²) in [7, 11) is 0. The first-order valence-electron chi connectivity index (χ1n) is 10.0.